The molecule has 4 aliphatic rings. The Balaban J connectivity index is 1.43. The van der Waals surface area contributed by atoms with E-state index in [0.29, 0.717) is 18.8 Å². The van der Waals surface area contributed by atoms with E-state index in [1.165, 1.54) is 0 Å². The molecule has 0 aromatic heterocycles. The summed E-state index contributed by atoms with van der Waals surface area (Å²) in [4.78, 5) is 12.2. The van der Waals surface area contributed by atoms with Gasteiger partial charge in [0.25, 0.3) is 10.1 Å². The summed E-state index contributed by atoms with van der Waals surface area (Å²) in [5, 5.41) is 35.8. The Bertz CT molecular complexity index is 896. The van der Waals surface area contributed by atoms with E-state index >= 15 is 0 Å². The van der Waals surface area contributed by atoms with Gasteiger partial charge in [-0.2, -0.15) is 8.42 Å². The quantitative estimate of drug-likeness (QED) is 0.327. The summed E-state index contributed by atoms with van der Waals surface area (Å²) in [6.07, 6.45) is 5.67. The van der Waals surface area contributed by atoms with Gasteiger partial charge < -0.3 is 20.6 Å². The van der Waals surface area contributed by atoms with Crippen LogP contribution in [0.4, 0.5) is 0 Å². The Hall–Kier alpha value is -0.740. The topological polar surface area (TPSA) is 144 Å². The molecule has 0 saturated heterocycles. The van der Waals surface area contributed by atoms with E-state index in [9.17, 15) is 28.5 Å². The summed E-state index contributed by atoms with van der Waals surface area (Å²) >= 11 is 0. The van der Waals surface area contributed by atoms with E-state index in [2.05, 4.69) is 26.1 Å². The van der Waals surface area contributed by atoms with Crippen LogP contribution < -0.4 is 5.32 Å². The molecule has 0 aromatic carbocycles. The summed E-state index contributed by atoms with van der Waals surface area (Å²) in [7, 11) is -4.10. The number of fused-ring (bicyclic) bond motifs is 5. The van der Waals surface area contributed by atoms with Gasteiger partial charge in [0.15, 0.2) is 0 Å². The van der Waals surface area contributed by atoms with Crippen LogP contribution >= 0.6 is 0 Å². The van der Waals surface area contributed by atoms with Crippen LogP contribution in [-0.2, 0) is 14.9 Å². The largest absolute Gasteiger partial charge is 0.393 e. The lowest BCUT2D eigenvalue weighted by atomic mass is 9.43. The molecule has 35 heavy (non-hydrogen) atoms. The van der Waals surface area contributed by atoms with Crippen molar-refractivity contribution in [3.05, 3.63) is 0 Å². The molecular formula is C26H45NO7S. The molecule has 4 aliphatic carbocycles. The molecule has 0 radical (unpaired) electrons. The predicted molar refractivity (Wildman–Crippen MR) is 132 cm³/mol. The van der Waals surface area contributed by atoms with Gasteiger partial charge in [0.05, 0.1) is 24.1 Å². The Labute approximate surface area is 210 Å². The van der Waals surface area contributed by atoms with Crippen molar-refractivity contribution in [1.29, 1.82) is 0 Å². The number of hydrogen-bond acceptors (Lipinski definition) is 6. The molecule has 0 spiro atoms. The third kappa shape index (κ3) is 5.05. The standard InChI is InChI=1S/C26H45NO7S/c1-15(4-7-23(31)27-10-11-35(32,33)34)18-5-6-19-24-20(14-22(30)26(18,19)3)25(2)9-8-17(28)12-16(25)13-21(24)29/h15-22,24,28-30H,4-14H2,1-3H3,(H,27,31)(H,32,33,34)/t15-,16-,17-,18+,19-,20+,21-,22+,24-,25+,26-/m1/s1. The number of nitrogens with one attached hydrogen (secondary N) is 1. The van der Waals surface area contributed by atoms with Crippen LogP contribution in [0.1, 0.15) is 78.6 Å². The van der Waals surface area contributed by atoms with Gasteiger partial charge in [-0.3, -0.25) is 9.35 Å². The van der Waals surface area contributed by atoms with Crippen molar-refractivity contribution in [2.45, 2.75) is 96.9 Å². The number of rotatable bonds is 7. The number of carbonyl (C=O) groups is 1. The minimum atomic E-state index is -4.10. The van der Waals surface area contributed by atoms with Gasteiger partial charge >= 0.3 is 0 Å². The molecule has 0 aliphatic heterocycles. The second-order valence-corrected chi connectivity index (χ2v) is 14.2. The van der Waals surface area contributed by atoms with Crippen LogP contribution in [-0.4, -0.2) is 64.8 Å². The van der Waals surface area contributed by atoms with E-state index in [4.69, 9.17) is 4.55 Å². The van der Waals surface area contributed by atoms with E-state index < -0.39 is 28.1 Å². The smallest absolute Gasteiger partial charge is 0.266 e. The fourth-order valence-electron chi connectivity index (χ4n) is 9.10. The zero-order valence-corrected chi connectivity index (χ0v) is 22.2. The van der Waals surface area contributed by atoms with Crippen LogP contribution in [0.5, 0.6) is 0 Å². The molecule has 4 saturated carbocycles. The molecule has 5 N–H and O–H groups in total. The highest BCUT2D eigenvalue weighted by molar-refractivity contribution is 7.85. The van der Waals surface area contributed by atoms with E-state index in [-0.39, 0.29) is 65.4 Å². The lowest BCUT2D eigenvalue weighted by Gasteiger charge is -2.63. The highest BCUT2D eigenvalue weighted by Crippen LogP contribution is 2.68. The maximum Gasteiger partial charge on any atom is 0.266 e. The SMILES string of the molecule is C[C@H](CCC(=O)NCCS(=O)(=O)O)[C@@H]1CC[C@@H]2[C@H]3[C@H](O)C[C@H]4C[C@H](O)CC[C@]4(C)[C@H]3C[C@H](O)[C@@]21C. The summed E-state index contributed by atoms with van der Waals surface area (Å²) in [6, 6.07) is 0. The van der Waals surface area contributed by atoms with Crippen LogP contribution in [0.3, 0.4) is 0 Å². The molecule has 0 aromatic rings. The van der Waals surface area contributed by atoms with E-state index in [1.54, 1.807) is 0 Å². The first kappa shape index (κ1) is 27.3. The minimum Gasteiger partial charge on any atom is -0.393 e. The van der Waals surface area contributed by atoms with E-state index in [1.807, 2.05) is 0 Å². The van der Waals surface area contributed by atoms with Gasteiger partial charge in [-0.25, -0.2) is 0 Å². The summed E-state index contributed by atoms with van der Waals surface area (Å²) in [5.74, 6) is 0.705. The molecule has 9 heteroatoms. The fraction of sp³-hybridized carbons (Fsp3) is 0.962. The summed E-state index contributed by atoms with van der Waals surface area (Å²) < 4.78 is 30.5. The van der Waals surface area contributed by atoms with Gasteiger partial charge in [0.1, 0.15) is 0 Å². The van der Waals surface area contributed by atoms with Crippen LogP contribution in [0.2, 0.25) is 0 Å². The normalized spacial score (nSPS) is 46.3. The van der Waals surface area contributed by atoms with Crippen molar-refractivity contribution in [2.75, 3.05) is 12.3 Å². The molecule has 0 heterocycles. The summed E-state index contributed by atoms with van der Waals surface area (Å²) in [5.41, 5.74) is -0.254. The molecule has 8 nitrogen and oxygen atoms in total. The van der Waals surface area contributed by atoms with Crippen molar-refractivity contribution in [3.8, 4) is 0 Å². The number of carbonyl (C=O) groups excluding carboxylic acids is 1. The average molecular weight is 516 g/mol. The Morgan fingerprint density at radius 1 is 1.06 bits per heavy atom. The first-order valence-corrected chi connectivity index (χ1v) is 15.1. The second-order valence-electron chi connectivity index (χ2n) is 12.7. The highest BCUT2D eigenvalue weighted by Gasteiger charge is 2.65. The van der Waals surface area contributed by atoms with Gasteiger partial charge in [-0.1, -0.05) is 20.8 Å². The molecule has 202 valence electrons. The van der Waals surface area contributed by atoms with Crippen LogP contribution in [0.15, 0.2) is 0 Å². The minimum absolute atomic E-state index is 0.0509. The van der Waals surface area contributed by atoms with Crippen molar-refractivity contribution >= 4 is 16.0 Å². The zero-order valence-electron chi connectivity index (χ0n) is 21.4. The molecule has 11 atom stereocenters. The molecule has 4 fully saturated rings. The third-order valence-corrected chi connectivity index (χ3v) is 11.7. The van der Waals surface area contributed by atoms with Gasteiger partial charge in [-0.15, -0.1) is 0 Å². The maximum atomic E-state index is 12.2. The first-order chi connectivity index (χ1) is 16.3. The van der Waals surface area contributed by atoms with E-state index in [0.717, 1.165) is 38.5 Å². The second kappa shape index (κ2) is 9.86. The van der Waals surface area contributed by atoms with Crippen molar-refractivity contribution in [2.24, 2.45) is 46.3 Å². The van der Waals surface area contributed by atoms with Crippen LogP contribution in [0.25, 0.3) is 0 Å². The fourth-order valence-corrected chi connectivity index (χ4v) is 9.46. The molecule has 1 amide bonds. The molecular weight excluding hydrogens is 470 g/mol. The lowest BCUT2D eigenvalue weighted by Crippen LogP contribution is -2.62. The Kier molecular flexibility index (Phi) is 7.69. The Morgan fingerprint density at radius 2 is 1.77 bits per heavy atom. The molecule has 0 bridgehead atoms. The predicted octanol–water partition coefficient (Wildman–Crippen LogP) is 2.37. The molecule has 0 unspecified atom stereocenters. The first-order valence-electron chi connectivity index (χ1n) is 13.5. The maximum absolute atomic E-state index is 12.2. The monoisotopic (exact) mass is 515 g/mol. The zero-order chi connectivity index (χ0) is 25.8. The van der Waals surface area contributed by atoms with Crippen molar-refractivity contribution in [1.82, 2.24) is 5.32 Å². The highest BCUT2D eigenvalue weighted by atomic mass is 32.2. The number of hydrogen-bond donors (Lipinski definition) is 5. The number of aliphatic hydroxyl groups is 3. The van der Waals surface area contributed by atoms with Gasteiger partial charge in [0.2, 0.25) is 5.91 Å². The van der Waals surface area contributed by atoms with Crippen LogP contribution in [0, 0.1) is 46.3 Å². The van der Waals surface area contributed by atoms with Gasteiger partial charge in [-0.05, 0) is 97.7 Å². The van der Waals surface area contributed by atoms with Crippen molar-refractivity contribution < 1.29 is 33.1 Å². The lowest BCUT2D eigenvalue weighted by molar-refractivity contribution is -0.207. The average Bonchev–Trinajstić information content (AvgIpc) is 3.12. The molecule has 4 rings (SSSR count). The third-order valence-electron chi connectivity index (χ3n) is 11.0. The number of aliphatic hydroxyl groups excluding tert-OH is 3. The van der Waals surface area contributed by atoms with Gasteiger partial charge in [0, 0.05) is 13.0 Å². The summed E-state index contributed by atoms with van der Waals surface area (Å²) in [6.45, 7) is 6.56. The number of amides is 1. The van der Waals surface area contributed by atoms with Crippen molar-refractivity contribution in [3.63, 3.8) is 0 Å². The Morgan fingerprint density at radius 3 is 2.46 bits per heavy atom.